The van der Waals surface area contributed by atoms with Crippen LogP contribution in [-0.2, 0) is 4.79 Å². The van der Waals surface area contributed by atoms with Gasteiger partial charge in [-0.05, 0) is 43.0 Å². The lowest BCUT2D eigenvalue weighted by Gasteiger charge is -2.31. The van der Waals surface area contributed by atoms with E-state index in [4.69, 9.17) is 9.26 Å². The summed E-state index contributed by atoms with van der Waals surface area (Å²) in [6.45, 7) is 4.12. The summed E-state index contributed by atoms with van der Waals surface area (Å²) in [6.07, 6.45) is 2.13. The number of carbonyl (C=O) groups is 1. The molecule has 2 aromatic rings. The molecular weight excluding hydrogens is 320 g/mol. The highest BCUT2D eigenvalue weighted by molar-refractivity contribution is 5.80. The van der Waals surface area contributed by atoms with E-state index in [1.165, 1.54) is 0 Å². The molecule has 0 bridgehead atoms. The molecular formula is C18H24N4O3. The van der Waals surface area contributed by atoms with Crippen molar-refractivity contribution in [3.05, 3.63) is 24.3 Å². The van der Waals surface area contributed by atoms with E-state index in [1.807, 2.05) is 29.2 Å². The number of carbonyl (C=O) groups excluding carboxylic acids is 1. The van der Waals surface area contributed by atoms with Crippen molar-refractivity contribution in [1.82, 2.24) is 15.0 Å². The molecule has 1 aliphatic heterocycles. The number of amides is 1. The van der Waals surface area contributed by atoms with Gasteiger partial charge in [0.2, 0.25) is 11.7 Å². The lowest BCUT2D eigenvalue weighted by atomic mass is 9.99. The Morgan fingerprint density at radius 1 is 1.32 bits per heavy atom. The van der Waals surface area contributed by atoms with Crippen LogP contribution in [0.4, 0.5) is 6.01 Å². The number of likely N-dealkylation sites (N-methyl/N-ethyl adjacent to an activating group) is 1. The minimum atomic E-state index is 0.0959. The van der Waals surface area contributed by atoms with Crippen molar-refractivity contribution in [1.29, 1.82) is 0 Å². The van der Waals surface area contributed by atoms with Crippen LogP contribution in [0.2, 0.25) is 0 Å². The van der Waals surface area contributed by atoms with Gasteiger partial charge in [0.25, 0.3) is 0 Å². The number of anilines is 1. The predicted octanol–water partition coefficient (Wildman–Crippen LogP) is 2.44. The second-order valence-electron chi connectivity index (χ2n) is 6.55. The fourth-order valence-corrected chi connectivity index (χ4v) is 2.86. The number of likely N-dealkylation sites (tertiary alicyclic amines) is 1. The highest BCUT2D eigenvalue weighted by Crippen LogP contribution is 2.22. The van der Waals surface area contributed by atoms with Crippen LogP contribution in [0.5, 0.6) is 5.75 Å². The molecule has 1 aromatic carbocycles. The quantitative estimate of drug-likeness (QED) is 0.830. The van der Waals surface area contributed by atoms with E-state index in [0.29, 0.717) is 17.8 Å². The maximum atomic E-state index is 12.4. The van der Waals surface area contributed by atoms with E-state index >= 15 is 0 Å². The van der Waals surface area contributed by atoms with Crippen LogP contribution in [0.3, 0.4) is 0 Å². The molecule has 0 spiro atoms. The number of nitrogens with zero attached hydrogens (tertiary/aromatic N) is 4. The van der Waals surface area contributed by atoms with E-state index in [2.05, 4.69) is 17.1 Å². The van der Waals surface area contributed by atoms with Crippen molar-refractivity contribution < 1.29 is 14.1 Å². The SMILES string of the molecule is COc1ccc(-c2noc(N(C)CC(=O)N3CCC(C)CC3)n2)cc1. The van der Waals surface area contributed by atoms with Gasteiger partial charge in [-0.2, -0.15) is 4.98 Å². The van der Waals surface area contributed by atoms with Crippen LogP contribution in [-0.4, -0.2) is 54.7 Å². The second kappa shape index (κ2) is 7.55. The number of hydrogen-bond donors (Lipinski definition) is 0. The summed E-state index contributed by atoms with van der Waals surface area (Å²) in [5.74, 6) is 2.05. The topological polar surface area (TPSA) is 71.7 Å². The summed E-state index contributed by atoms with van der Waals surface area (Å²) in [7, 11) is 3.41. The number of aromatic nitrogens is 2. The fourth-order valence-electron chi connectivity index (χ4n) is 2.86. The zero-order valence-corrected chi connectivity index (χ0v) is 14.9. The molecule has 134 valence electrons. The average Bonchev–Trinajstić information content (AvgIpc) is 3.12. The standard InChI is InChI=1S/C18H24N4O3/c1-13-8-10-22(11-9-13)16(23)12-21(2)18-19-17(20-25-18)14-4-6-15(24-3)7-5-14/h4-7,13H,8-12H2,1-3H3. The van der Waals surface area contributed by atoms with E-state index in [-0.39, 0.29) is 12.5 Å². The highest BCUT2D eigenvalue weighted by atomic mass is 16.5. The highest BCUT2D eigenvalue weighted by Gasteiger charge is 2.23. The first-order valence-electron chi connectivity index (χ1n) is 8.54. The smallest absolute Gasteiger partial charge is 0.324 e. The summed E-state index contributed by atoms with van der Waals surface area (Å²) in [5, 5.41) is 4.00. The van der Waals surface area contributed by atoms with Crippen LogP contribution in [0.15, 0.2) is 28.8 Å². The molecule has 0 N–H and O–H groups in total. The summed E-state index contributed by atoms with van der Waals surface area (Å²) < 4.78 is 10.4. The Morgan fingerprint density at radius 3 is 2.64 bits per heavy atom. The molecule has 7 nitrogen and oxygen atoms in total. The maximum Gasteiger partial charge on any atom is 0.324 e. The van der Waals surface area contributed by atoms with Gasteiger partial charge in [0.1, 0.15) is 12.3 Å². The van der Waals surface area contributed by atoms with E-state index in [9.17, 15) is 4.79 Å². The second-order valence-corrected chi connectivity index (χ2v) is 6.55. The molecule has 1 aromatic heterocycles. The molecule has 1 amide bonds. The van der Waals surface area contributed by atoms with E-state index in [1.54, 1.807) is 19.1 Å². The summed E-state index contributed by atoms with van der Waals surface area (Å²) in [6, 6.07) is 7.76. The Labute approximate surface area is 147 Å². The minimum absolute atomic E-state index is 0.0959. The number of rotatable bonds is 5. The zero-order chi connectivity index (χ0) is 17.8. The molecule has 0 atom stereocenters. The van der Waals surface area contributed by atoms with Crippen LogP contribution < -0.4 is 9.64 Å². The molecule has 25 heavy (non-hydrogen) atoms. The predicted molar refractivity (Wildman–Crippen MR) is 94.5 cm³/mol. The molecule has 0 unspecified atom stereocenters. The Balaban J connectivity index is 1.61. The lowest BCUT2D eigenvalue weighted by Crippen LogP contribution is -2.43. The van der Waals surface area contributed by atoms with Crippen LogP contribution >= 0.6 is 0 Å². The summed E-state index contributed by atoms with van der Waals surface area (Å²) >= 11 is 0. The Hall–Kier alpha value is -2.57. The van der Waals surface area contributed by atoms with Crippen molar-refractivity contribution in [3.63, 3.8) is 0 Å². The van der Waals surface area contributed by atoms with Crippen LogP contribution in [0, 0.1) is 5.92 Å². The first kappa shape index (κ1) is 17.3. The van der Waals surface area contributed by atoms with Crippen molar-refractivity contribution in [2.45, 2.75) is 19.8 Å². The van der Waals surface area contributed by atoms with Gasteiger partial charge in [-0.25, -0.2) is 0 Å². The molecule has 1 aliphatic rings. The molecule has 0 radical (unpaired) electrons. The Morgan fingerprint density at radius 2 is 2.00 bits per heavy atom. The monoisotopic (exact) mass is 344 g/mol. The van der Waals surface area contributed by atoms with Gasteiger partial charge in [-0.1, -0.05) is 12.1 Å². The van der Waals surface area contributed by atoms with Crippen molar-refractivity contribution in [3.8, 4) is 17.1 Å². The van der Waals surface area contributed by atoms with Crippen molar-refractivity contribution in [2.75, 3.05) is 38.7 Å². The minimum Gasteiger partial charge on any atom is -0.497 e. The normalized spacial score (nSPS) is 15.2. The summed E-state index contributed by atoms with van der Waals surface area (Å²) in [4.78, 5) is 20.4. The molecule has 2 heterocycles. The number of ether oxygens (including phenoxy) is 1. The molecule has 0 aliphatic carbocycles. The summed E-state index contributed by atoms with van der Waals surface area (Å²) in [5.41, 5.74) is 0.834. The third-order valence-electron chi connectivity index (χ3n) is 4.60. The number of hydrogen-bond acceptors (Lipinski definition) is 6. The first-order valence-corrected chi connectivity index (χ1v) is 8.54. The molecule has 7 heteroatoms. The zero-order valence-electron chi connectivity index (χ0n) is 14.9. The van der Waals surface area contributed by atoms with E-state index in [0.717, 1.165) is 37.2 Å². The average molecular weight is 344 g/mol. The van der Waals surface area contributed by atoms with Gasteiger partial charge in [0, 0.05) is 25.7 Å². The number of benzene rings is 1. The molecule has 1 saturated heterocycles. The van der Waals surface area contributed by atoms with Crippen LogP contribution in [0.1, 0.15) is 19.8 Å². The van der Waals surface area contributed by atoms with Gasteiger partial charge in [-0.3, -0.25) is 4.79 Å². The van der Waals surface area contributed by atoms with Gasteiger partial charge in [-0.15, -0.1) is 0 Å². The van der Waals surface area contributed by atoms with E-state index < -0.39 is 0 Å². The number of methoxy groups -OCH3 is 1. The van der Waals surface area contributed by atoms with Gasteiger partial charge in [0.05, 0.1) is 7.11 Å². The van der Waals surface area contributed by atoms with Gasteiger partial charge < -0.3 is 19.1 Å². The first-order chi connectivity index (χ1) is 12.1. The fraction of sp³-hybridized carbons (Fsp3) is 0.500. The Kier molecular flexibility index (Phi) is 5.21. The molecule has 0 saturated carbocycles. The lowest BCUT2D eigenvalue weighted by molar-refractivity contribution is -0.131. The van der Waals surface area contributed by atoms with Crippen molar-refractivity contribution >= 4 is 11.9 Å². The Bertz CT molecular complexity index is 705. The number of piperidine rings is 1. The molecule has 3 rings (SSSR count). The third-order valence-corrected chi connectivity index (χ3v) is 4.60. The van der Waals surface area contributed by atoms with Crippen LogP contribution in [0.25, 0.3) is 11.4 Å². The van der Waals surface area contributed by atoms with Crippen molar-refractivity contribution in [2.24, 2.45) is 5.92 Å². The van der Waals surface area contributed by atoms with Gasteiger partial charge in [0.15, 0.2) is 0 Å². The molecule has 1 fully saturated rings. The van der Waals surface area contributed by atoms with Gasteiger partial charge >= 0.3 is 6.01 Å². The largest absolute Gasteiger partial charge is 0.497 e. The third kappa shape index (κ3) is 4.10. The maximum absolute atomic E-state index is 12.4.